The van der Waals surface area contributed by atoms with Crippen molar-refractivity contribution in [1.29, 1.82) is 0 Å². The second kappa shape index (κ2) is 8.21. The number of morpholine rings is 1. The minimum Gasteiger partial charge on any atom is -0.378 e. The molecule has 146 valence electrons. The molecule has 1 fully saturated rings. The summed E-state index contributed by atoms with van der Waals surface area (Å²) in [5.41, 5.74) is 5.16. The summed E-state index contributed by atoms with van der Waals surface area (Å²) in [5, 5.41) is 9.27. The van der Waals surface area contributed by atoms with Crippen LogP contribution in [-0.4, -0.2) is 36.1 Å². The van der Waals surface area contributed by atoms with E-state index in [0.29, 0.717) is 12.1 Å². The summed E-state index contributed by atoms with van der Waals surface area (Å²) in [6.45, 7) is 8.55. The van der Waals surface area contributed by atoms with Crippen molar-refractivity contribution in [3.63, 3.8) is 0 Å². The fourth-order valence-corrected chi connectivity index (χ4v) is 4.51. The third-order valence-corrected chi connectivity index (χ3v) is 6.00. The third-order valence-electron chi connectivity index (χ3n) is 5.64. The molecule has 0 saturated carbocycles. The number of anilines is 1. The van der Waals surface area contributed by atoms with Gasteiger partial charge < -0.3 is 15.0 Å². The van der Waals surface area contributed by atoms with Crippen LogP contribution >= 0.6 is 11.6 Å². The van der Waals surface area contributed by atoms with Crippen molar-refractivity contribution < 1.29 is 4.74 Å². The first-order valence-electron chi connectivity index (χ1n) is 10.0. The molecule has 5 nitrogen and oxygen atoms in total. The van der Waals surface area contributed by atoms with Gasteiger partial charge in [-0.2, -0.15) is 5.10 Å². The smallest absolute Gasteiger partial charge is 0.0642 e. The highest BCUT2D eigenvalue weighted by Crippen LogP contribution is 2.33. The molecule has 4 rings (SSSR count). The van der Waals surface area contributed by atoms with Crippen molar-refractivity contribution >= 4 is 17.3 Å². The van der Waals surface area contributed by atoms with Crippen molar-refractivity contribution in [2.45, 2.75) is 51.7 Å². The molecule has 27 heavy (non-hydrogen) atoms. The Morgan fingerprint density at radius 1 is 1.30 bits per heavy atom. The van der Waals surface area contributed by atoms with Crippen LogP contribution in [0.25, 0.3) is 0 Å². The molecule has 2 aliphatic rings. The van der Waals surface area contributed by atoms with E-state index in [1.165, 1.54) is 28.9 Å². The molecule has 0 amide bonds. The molecule has 1 aromatic carbocycles. The van der Waals surface area contributed by atoms with Crippen LogP contribution in [0.3, 0.4) is 0 Å². The summed E-state index contributed by atoms with van der Waals surface area (Å²) in [6.07, 6.45) is 5.53. The number of fused-ring (bicyclic) bond motifs is 1. The number of benzene rings is 1. The lowest BCUT2D eigenvalue weighted by atomic mass is 9.93. The van der Waals surface area contributed by atoms with Gasteiger partial charge in [0.25, 0.3) is 0 Å². The molecule has 6 heteroatoms. The molecule has 2 aromatic rings. The third kappa shape index (κ3) is 3.86. The molecular weight excluding hydrogens is 360 g/mol. The van der Waals surface area contributed by atoms with E-state index in [4.69, 9.17) is 16.3 Å². The average molecular weight is 389 g/mol. The largest absolute Gasteiger partial charge is 0.378 e. The molecule has 0 unspecified atom stereocenters. The van der Waals surface area contributed by atoms with Crippen molar-refractivity contribution in [2.75, 3.05) is 31.2 Å². The number of nitrogens with one attached hydrogen (secondary N) is 1. The Labute approximate surface area is 166 Å². The van der Waals surface area contributed by atoms with Gasteiger partial charge in [0.1, 0.15) is 0 Å². The SMILES string of the molecule is CC(C)n1ncc2c1[C@@H](NCc1c(Cl)cccc1N1CCOCC1)CCC2. The molecule has 1 aromatic heterocycles. The van der Waals surface area contributed by atoms with Gasteiger partial charge in [-0.3, -0.25) is 4.68 Å². The zero-order valence-corrected chi connectivity index (χ0v) is 17.0. The Morgan fingerprint density at radius 3 is 2.89 bits per heavy atom. The van der Waals surface area contributed by atoms with E-state index >= 15 is 0 Å². The van der Waals surface area contributed by atoms with E-state index < -0.39 is 0 Å². The molecule has 1 aliphatic heterocycles. The van der Waals surface area contributed by atoms with Gasteiger partial charge in [0, 0.05) is 48.0 Å². The number of halogens is 1. The topological polar surface area (TPSA) is 42.3 Å². The highest BCUT2D eigenvalue weighted by atomic mass is 35.5. The predicted molar refractivity (Wildman–Crippen MR) is 110 cm³/mol. The number of aryl methyl sites for hydroxylation is 1. The van der Waals surface area contributed by atoms with Crippen molar-refractivity contribution in [2.24, 2.45) is 0 Å². The van der Waals surface area contributed by atoms with Crippen molar-refractivity contribution in [3.05, 3.63) is 46.2 Å². The Bertz CT molecular complexity index is 782. The van der Waals surface area contributed by atoms with Gasteiger partial charge in [-0.15, -0.1) is 0 Å². The summed E-state index contributed by atoms with van der Waals surface area (Å²) in [5.74, 6) is 0. The van der Waals surface area contributed by atoms with Crippen LogP contribution in [-0.2, 0) is 17.7 Å². The fraction of sp³-hybridized carbons (Fsp3) is 0.571. The van der Waals surface area contributed by atoms with Gasteiger partial charge >= 0.3 is 0 Å². The fourth-order valence-electron chi connectivity index (χ4n) is 4.28. The standard InChI is InChI=1S/C21H29ClN4O/c1-15(2)26-21-16(13-24-26)5-3-7-19(21)23-14-17-18(22)6-4-8-20(17)25-9-11-27-12-10-25/h4,6,8,13,15,19,23H,3,5,7,9-12,14H2,1-2H3/t19-/m0/s1. The van der Waals surface area contributed by atoms with Crippen molar-refractivity contribution in [1.82, 2.24) is 15.1 Å². The second-order valence-corrected chi connectivity index (χ2v) is 8.16. The van der Waals surface area contributed by atoms with E-state index in [9.17, 15) is 0 Å². The molecule has 0 spiro atoms. The first-order valence-corrected chi connectivity index (χ1v) is 10.4. The summed E-state index contributed by atoms with van der Waals surface area (Å²) in [6, 6.07) is 6.92. The van der Waals surface area contributed by atoms with Gasteiger partial charge in [-0.25, -0.2) is 0 Å². The Kier molecular flexibility index (Phi) is 5.71. The van der Waals surface area contributed by atoms with Gasteiger partial charge in [-0.05, 0) is 50.8 Å². The van der Waals surface area contributed by atoms with E-state index in [0.717, 1.165) is 50.7 Å². The van der Waals surface area contributed by atoms with Gasteiger partial charge in [0.15, 0.2) is 0 Å². The normalized spacial score (nSPS) is 20.1. The monoisotopic (exact) mass is 388 g/mol. The van der Waals surface area contributed by atoms with Crippen LogP contribution in [0.15, 0.2) is 24.4 Å². The molecule has 0 bridgehead atoms. The molecule has 1 N–H and O–H groups in total. The van der Waals surface area contributed by atoms with Crippen LogP contribution < -0.4 is 10.2 Å². The number of aromatic nitrogens is 2. The second-order valence-electron chi connectivity index (χ2n) is 7.76. The molecule has 1 saturated heterocycles. The lowest BCUT2D eigenvalue weighted by molar-refractivity contribution is 0.122. The van der Waals surface area contributed by atoms with E-state index in [1.54, 1.807) is 0 Å². The Hall–Kier alpha value is -1.56. The molecule has 0 radical (unpaired) electrons. The quantitative estimate of drug-likeness (QED) is 0.836. The van der Waals surface area contributed by atoms with Gasteiger partial charge in [0.2, 0.25) is 0 Å². The Balaban J connectivity index is 1.56. The lowest BCUT2D eigenvalue weighted by Gasteiger charge is -2.32. The highest BCUT2D eigenvalue weighted by Gasteiger charge is 2.26. The highest BCUT2D eigenvalue weighted by molar-refractivity contribution is 6.31. The maximum atomic E-state index is 6.61. The zero-order valence-electron chi connectivity index (χ0n) is 16.2. The van der Waals surface area contributed by atoms with Crippen LogP contribution in [0.2, 0.25) is 5.02 Å². The summed E-state index contributed by atoms with van der Waals surface area (Å²) in [4.78, 5) is 2.39. The minimum absolute atomic E-state index is 0.326. The number of hydrogen-bond acceptors (Lipinski definition) is 4. The van der Waals surface area contributed by atoms with Crippen molar-refractivity contribution in [3.8, 4) is 0 Å². The van der Waals surface area contributed by atoms with Gasteiger partial charge in [-0.1, -0.05) is 17.7 Å². The lowest BCUT2D eigenvalue weighted by Crippen LogP contribution is -2.37. The number of ether oxygens (including phenoxy) is 1. The maximum Gasteiger partial charge on any atom is 0.0642 e. The maximum absolute atomic E-state index is 6.61. The summed E-state index contributed by atoms with van der Waals surface area (Å²) < 4.78 is 7.69. The van der Waals surface area contributed by atoms with E-state index in [-0.39, 0.29) is 0 Å². The first-order chi connectivity index (χ1) is 13.1. The predicted octanol–water partition coefficient (Wildman–Crippen LogP) is 4.12. The van der Waals surface area contributed by atoms with E-state index in [1.807, 2.05) is 12.1 Å². The molecule has 1 atom stereocenters. The number of hydrogen-bond donors (Lipinski definition) is 1. The van der Waals surface area contributed by atoms with E-state index in [2.05, 4.69) is 46.1 Å². The van der Waals surface area contributed by atoms with Crippen LogP contribution in [0.5, 0.6) is 0 Å². The average Bonchev–Trinajstić information content (AvgIpc) is 3.13. The van der Waals surface area contributed by atoms with Crippen LogP contribution in [0, 0.1) is 0 Å². The minimum atomic E-state index is 0.326. The van der Waals surface area contributed by atoms with Crippen LogP contribution in [0.1, 0.15) is 55.6 Å². The molecule has 1 aliphatic carbocycles. The van der Waals surface area contributed by atoms with Gasteiger partial charge in [0.05, 0.1) is 25.1 Å². The summed E-state index contributed by atoms with van der Waals surface area (Å²) in [7, 11) is 0. The first kappa shape index (κ1) is 18.8. The molecule has 2 heterocycles. The number of rotatable bonds is 5. The molecular formula is C21H29ClN4O. The zero-order chi connectivity index (χ0) is 18.8. The van der Waals surface area contributed by atoms with Crippen LogP contribution in [0.4, 0.5) is 5.69 Å². The number of nitrogens with zero attached hydrogens (tertiary/aromatic N) is 3. The summed E-state index contributed by atoms with van der Waals surface area (Å²) >= 11 is 6.61. The Morgan fingerprint density at radius 2 is 2.11 bits per heavy atom.